The van der Waals surface area contributed by atoms with Crippen LogP contribution in [0, 0.1) is 0 Å². The molecule has 0 aromatic heterocycles. The standard InChI is InChI=1S/C36H35N3O6/c1-23(2)25-11-13-26(14-12-25)33(35(42)37-27-15-19-29(45-4)20-16-27)39(21-24-9-17-28(44-3)18-10-24)32(40)22-38-31-8-6-5-7-30(31)34(41)36(38)43/h5-20,23,33H,21-22H2,1-4H3,(H,37,42)/t33-/m1/s1. The van der Waals surface area contributed by atoms with Gasteiger partial charge in [0.05, 0.1) is 25.5 Å². The van der Waals surface area contributed by atoms with E-state index in [0.717, 1.165) is 11.1 Å². The minimum absolute atomic E-state index is 0.0487. The first kappa shape index (κ1) is 31.0. The van der Waals surface area contributed by atoms with E-state index in [4.69, 9.17) is 9.47 Å². The fourth-order valence-electron chi connectivity index (χ4n) is 5.30. The second-order valence-electron chi connectivity index (χ2n) is 11.0. The Hall–Kier alpha value is -5.44. The number of Topliss-reactive ketones (excluding diaryl/α,β-unsaturated/α-hetero) is 1. The lowest BCUT2D eigenvalue weighted by Gasteiger charge is -2.33. The molecule has 1 aliphatic heterocycles. The molecule has 1 heterocycles. The lowest BCUT2D eigenvalue weighted by molar-refractivity contribution is -0.139. The summed E-state index contributed by atoms with van der Waals surface area (Å²) < 4.78 is 10.6. The van der Waals surface area contributed by atoms with Crippen molar-refractivity contribution in [2.45, 2.75) is 32.4 Å². The van der Waals surface area contributed by atoms with E-state index in [2.05, 4.69) is 19.2 Å². The minimum Gasteiger partial charge on any atom is -0.497 e. The van der Waals surface area contributed by atoms with Crippen LogP contribution >= 0.6 is 0 Å². The van der Waals surface area contributed by atoms with E-state index in [-0.39, 0.29) is 18.0 Å². The number of methoxy groups -OCH3 is 2. The molecule has 0 fully saturated rings. The number of fused-ring (bicyclic) bond motifs is 1. The van der Waals surface area contributed by atoms with Crippen LogP contribution < -0.4 is 19.7 Å². The topological polar surface area (TPSA) is 105 Å². The van der Waals surface area contributed by atoms with E-state index >= 15 is 0 Å². The molecule has 230 valence electrons. The van der Waals surface area contributed by atoms with E-state index in [1.807, 2.05) is 36.4 Å². The Kier molecular flexibility index (Phi) is 9.28. The molecule has 3 amide bonds. The Morgan fingerprint density at radius 2 is 1.36 bits per heavy atom. The molecule has 4 aromatic rings. The van der Waals surface area contributed by atoms with Gasteiger partial charge in [0.1, 0.15) is 24.1 Å². The molecule has 0 saturated carbocycles. The first-order valence-electron chi connectivity index (χ1n) is 14.6. The van der Waals surface area contributed by atoms with Crippen molar-refractivity contribution >= 4 is 34.9 Å². The summed E-state index contributed by atoms with van der Waals surface area (Å²) in [6, 6.07) is 27.2. The number of anilines is 2. The van der Waals surface area contributed by atoms with Gasteiger partial charge in [0.2, 0.25) is 5.91 Å². The summed E-state index contributed by atoms with van der Waals surface area (Å²) >= 11 is 0. The minimum atomic E-state index is -1.08. The Morgan fingerprint density at radius 1 is 0.778 bits per heavy atom. The monoisotopic (exact) mass is 605 g/mol. The van der Waals surface area contributed by atoms with E-state index in [0.29, 0.717) is 28.4 Å². The number of hydrogen-bond acceptors (Lipinski definition) is 6. The summed E-state index contributed by atoms with van der Waals surface area (Å²) in [4.78, 5) is 56.9. The average molecular weight is 606 g/mol. The zero-order valence-electron chi connectivity index (χ0n) is 25.7. The molecular formula is C36H35N3O6. The van der Waals surface area contributed by atoms with Crippen LogP contribution in [0.1, 0.15) is 52.9 Å². The molecule has 0 bridgehead atoms. The molecule has 0 aliphatic carbocycles. The molecule has 5 rings (SSSR count). The van der Waals surface area contributed by atoms with Gasteiger partial charge < -0.3 is 19.7 Å². The maximum atomic E-state index is 14.3. The van der Waals surface area contributed by atoms with Crippen LogP contribution in [-0.2, 0) is 20.9 Å². The highest BCUT2D eigenvalue weighted by atomic mass is 16.5. The maximum absolute atomic E-state index is 14.3. The van der Waals surface area contributed by atoms with Gasteiger partial charge in [-0.2, -0.15) is 0 Å². The van der Waals surface area contributed by atoms with Gasteiger partial charge in [-0.1, -0.05) is 62.4 Å². The van der Waals surface area contributed by atoms with Crippen LogP contribution in [0.5, 0.6) is 11.5 Å². The summed E-state index contributed by atoms with van der Waals surface area (Å²) in [6.45, 7) is 3.78. The third-order valence-electron chi connectivity index (χ3n) is 7.84. The maximum Gasteiger partial charge on any atom is 0.299 e. The number of hydrogen-bond donors (Lipinski definition) is 1. The van der Waals surface area contributed by atoms with Crippen molar-refractivity contribution in [3.8, 4) is 11.5 Å². The highest BCUT2D eigenvalue weighted by molar-refractivity contribution is 6.52. The van der Waals surface area contributed by atoms with Gasteiger partial charge in [-0.25, -0.2) is 0 Å². The fourth-order valence-corrected chi connectivity index (χ4v) is 5.30. The Balaban J connectivity index is 1.56. The molecule has 0 unspecified atom stereocenters. The van der Waals surface area contributed by atoms with Gasteiger partial charge in [0.15, 0.2) is 0 Å². The van der Waals surface area contributed by atoms with Gasteiger partial charge in [0.25, 0.3) is 17.6 Å². The van der Waals surface area contributed by atoms with Crippen molar-refractivity contribution < 1.29 is 28.7 Å². The molecule has 4 aromatic carbocycles. The molecule has 0 spiro atoms. The van der Waals surface area contributed by atoms with Crippen molar-refractivity contribution in [2.24, 2.45) is 0 Å². The van der Waals surface area contributed by atoms with Gasteiger partial charge in [-0.15, -0.1) is 0 Å². The molecule has 9 nitrogen and oxygen atoms in total. The number of amides is 3. The number of nitrogens with one attached hydrogen (secondary N) is 1. The first-order valence-corrected chi connectivity index (χ1v) is 14.6. The number of benzene rings is 4. The van der Waals surface area contributed by atoms with Crippen LogP contribution in [0.25, 0.3) is 0 Å². The van der Waals surface area contributed by atoms with E-state index in [9.17, 15) is 19.2 Å². The van der Waals surface area contributed by atoms with Crippen LogP contribution in [-0.4, -0.2) is 49.2 Å². The van der Waals surface area contributed by atoms with Gasteiger partial charge >= 0.3 is 0 Å². The van der Waals surface area contributed by atoms with Crippen molar-refractivity contribution in [3.05, 3.63) is 119 Å². The highest BCUT2D eigenvalue weighted by Crippen LogP contribution is 2.31. The molecule has 0 radical (unpaired) electrons. The molecular weight excluding hydrogens is 570 g/mol. The summed E-state index contributed by atoms with van der Waals surface area (Å²) in [5, 5.41) is 2.95. The smallest absolute Gasteiger partial charge is 0.299 e. The highest BCUT2D eigenvalue weighted by Gasteiger charge is 2.39. The third-order valence-corrected chi connectivity index (χ3v) is 7.84. The number of para-hydroxylation sites is 1. The molecule has 1 N–H and O–H groups in total. The zero-order chi connectivity index (χ0) is 32.1. The Morgan fingerprint density at radius 3 is 1.96 bits per heavy atom. The predicted molar refractivity (Wildman–Crippen MR) is 172 cm³/mol. The second kappa shape index (κ2) is 13.5. The number of rotatable bonds is 11. The zero-order valence-corrected chi connectivity index (χ0v) is 25.7. The summed E-state index contributed by atoms with van der Waals surface area (Å²) in [5.41, 5.74) is 3.56. The van der Waals surface area contributed by atoms with Gasteiger partial charge in [0, 0.05) is 12.2 Å². The fraction of sp³-hybridized carbons (Fsp3) is 0.222. The third kappa shape index (κ3) is 6.72. The average Bonchev–Trinajstić information content (AvgIpc) is 3.30. The number of carbonyl (C=O) groups is 4. The molecule has 9 heteroatoms. The quantitative estimate of drug-likeness (QED) is 0.218. The number of carbonyl (C=O) groups excluding carboxylic acids is 4. The molecule has 1 aliphatic rings. The summed E-state index contributed by atoms with van der Waals surface area (Å²) in [5.74, 6) is -0.855. The number of ether oxygens (including phenoxy) is 2. The largest absolute Gasteiger partial charge is 0.497 e. The molecule has 0 saturated heterocycles. The molecule has 1 atom stereocenters. The van der Waals surface area contributed by atoms with Crippen LogP contribution in [0.15, 0.2) is 97.1 Å². The Bertz CT molecular complexity index is 1700. The van der Waals surface area contributed by atoms with E-state index in [1.54, 1.807) is 74.9 Å². The first-order chi connectivity index (χ1) is 21.7. The molecule has 45 heavy (non-hydrogen) atoms. The lowest BCUT2D eigenvalue weighted by atomic mass is 9.97. The SMILES string of the molecule is COc1ccc(CN(C(=O)CN2C(=O)C(=O)c3ccccc32)[C@@H](C(=O)Nc2ccc(OC)cc2)c2ccc(C(C)C)cc2)cc1. The Labute approximate surface area is 262 Å². The van der Waals surface area contributed by atoms with E-state index < -0.39 is 36.1 Å². The lowest BCUT2D eigenvalue weighted by Crippen LogP contribution is -2.46. The van der Waals surface area contributed by atoms with Crippen LogP contribution in [0.3, 0.4) is 0 Å². The van der Waals surface area contributed by atoms with Crippen molar-refractivity contribution in [3.63, 3.8) is 0 Å². The number of nitrogens with zero attached hydrogens (tertiary/aromatic N) is 2. The van der Waals surface area contributed by atoms with E-state index in [1.165, 1.54) is 9.80 Å². The normalized spacial score (nSPS) is 13.0. The second-order valence-corrected chi connectivity index (χ2v) is 11.0. The van der Waals surface area contributed by atoms with Crippen molar-refractivity contribution in [1.29, 1.82) is 0 Å². The summed E-state index contributed by atoms with van der Waals surface area (Å²) in [6.07, 6.45) is 0. The van der Waals surface area contributed by atoms with Crippen molar-refractivity contribution in [2.75, 3.05) is 31.0 Å². The summed E-state index contributed by atoms with van der Waals surface area (Å²) in [7, 11) is 3.13. The van der Waals surface area contributed by atoms with Crippen LogP contribution in [0.4, 0.5) is 11.4 Å². The predicted octanol–water partition coefficient (Wildman–Crippen LogP) is 5.77. The van der Waals surface area contributed by atoms with Gasteiger partial charge in [-0.3, -0.25) is 24.1 Å². The van der Waals surface area contributed by atoms with Crippen molar-refractivity contribution in [1.82, 2.24) is 4.90 Å². The van der Waals surface area contributed by atoms with Crippen LogP contribution in [0.2, 0.25) is 0 Å². The number of ketones is 1. The van der Waals surface area contributed by atoms with Gasteiger partial charge in [-0.05, 0) is 71.1 Å².